The monoisotopic (exact) mass is 303 g/mol. The third-order valence-corrected chi connectivity index (χ3v) is 5.87. The lowest BCUT2D eigenvalue weighted by Crippen LogP contribution is -2.20. The Bertz CT molecular complexity index is 641. The van der Waals surface area contributed by atoms with Gasteiger partial charge in [-0.3, -0.25) is 4.90 Å². The van der Waals surface area contributed by atoms with Crippen molar-refractivity contribution in [1.82, 2.24) is 9.88 Å². The molecule has 1 saturated heterocycles. The van der Waals surface area contributed by atoms with Crippen molar-refractivity contribution in [3.8, 4) is 0 Å². The lowest BCUT2D eigenvalue weighted by molar-refractivity contribution is 0.315. The van der Waals surface area contributed by atoms with Crippen molar-refractivity contribution in [1.29, 1.82) is 0 Å². The first kappa shape index (κ1) is 14.9. The van der Waals surface area contributed by atoms with Crippen LogP contribution in [-0.4, -0.2) is 30.0 Å². The minimum Gasteiger partial charge on any atom is -0.330 e. The van der Waals surface area contributed by atoms with E-state index >= 15 is 0 Å². The molecule has 1 aromatic carbocycles. The molecule has 2 aromatic rings. The van der Waals surface area contributed by atoms with Crippen LogP contribution in [0, 0.1) is 5.92 Å². The van der Waals surface area contributed by atoms with E-state index in [0.29, 0.717) is 12.0 Å². The Morgan fingerprint density at radius 2 is 2.14 bits per heavy atom. The van der Waals surface area contributed by atoms with E-state index in [-0.39, 0.29) is 5.41 Å². The van der Waals surface area contributed by atoms with Gasteiger partial charge in [0.1, 0.15) is 0 Å². The molecule has 4 heteroatoms. The normalized spacial score (nSPS) is 24.0. The van der Waals surface area contributed by atoms with Crippen molar-refractivity contribution in [3.05, 3.63) is 28.8 Å². The fraction of sp³-hybridized carbons (Fsp3) is 0.588. The summed E-state index contributed by atoms with van der Waals surface area (Å²) in [7, 11) is 2.20. The lowest BCUT2D eigenvalue weighted by atomic mass is 9.97. The van der Waals surface area contributed by atoms with Crippen molar-refractivity contribution in [2.75, 3.05) is 20.1 Å². The number of aromatic nitrogens is 1. The van der Waals surface area contributed by atoms with E-state index in [0.717, 1.165) is 19.5 Å². The number of hydrogen-bond donors (Lipinski definition) is 1. The Balaban J connectivity index is 2.05. The van der Waals surface area contributed by atoms with Crippen LogP contribution in [0.2, 0.25) is 0 Å². The molecule has 1 aliphatic heterocycles. The number of hydrogen-bond acceptors (Lipinski definition) is 4. The van der Waals surface area contributed by atoms with E-state index < -0.39 is 0 Å². The Morgan fingerprint density at radius 1 is 1.38 bits per heavy atom. The Labute approximate surface area is 131 Å². The maximum atomic E-state index is 5.87. The maximum absolute atomic E-state index is 5.87. The number of nitrogens with zero attached hydrogens (tertiary/aromatic N) is 2. The maximum Gasteiger partial charge on any atom is 0.0992 e. The summed E-state index contributed by atoms with van der Waals surface area (Å²) >= 11 is 1.83. The van der Waals surface area contributed by atoms with Crippen LogP contribution in [0.3, 0.4) is 0 Å². The van der Waals surface area contributed by atoms with Crippen molar-refractivity contribution in [2.24, 2.45) is 11.7 Å². The molecule has 0 saturated carbocycles. The molecule has 0 spiro atoms. The van der Waals surface area contributed by atoms with Gasteiger partial charge in [-0.05, 0) is 37.6 Å². The molecule has 1 fully saturated rings. The number of para-hydroxylation sites is 1. The summed E-state index contributed by atoms with van der Waals surface area (Å²) in [4.78, 5) is 7.41. The molecule has 2 N–H and O–H groups in total. The van der Waals surface area contributed by atoms with Crippen LogP contribution in [0.4, 0.5) is 0 Å². The first-order valence-electron chi connectivity index (χ1n) is 7.70. The number of fused-ring (bicyclic) bond motifs is 1. The van der Waals surface area contributed by atoms with Crippen LogP contribution in [0.25, 0.3) is 10.2 Å². The largest absolute Gasteiger partial charge is 0.330 e. The first-order valence-corrected chi connectivity index (χ1v) is 8.52. The van der Waals surface area contributed by atoms with Gasteiger partial charge in [0.25, 0.3) is 0 Å². The summed E-state index contributed by atoms with van der Waals surface area (Å²) < 4.78 is 1.31. The summed E-state index contributed by atoms with van der Waals surface area (Å²) in [6.07, 6.45) is 1.15. The minimum absolute atomic E-state index is 0.113. The van der Waals surface area contributed by atoms with Gasteiger partial charge in [-0.25, -0.2) is 4.98 Å². The van der Waals surface area contributed by atoms with E-state index in [1.807, 2.05) is 11.3 Å². The van der Waals surface area contributed by atoms with E-state index in [9.17, 15) is 0 Å². The van der Waals surface area contributed by atoms with Crippen LogP contribution >= 0.6 is 11.3 Å². The standard InChI is InChI=1S/C17H25N3S/c1-17(2,3)16-19-15-12(6-5-7-14(15)21-16)13-8-11(9-18)10-20(13)4/h5-7,11,13H,8-10,18H2,1-4H3. The van der Waals surface area contributed by atoms with Crippen molar-refractivity contribution >= 4 is 21.6 Å². The fourth-order valence-electron chi connectivity index (χ4n) is 3.20. The molecule has 0 bridgehead atoms. The molecule has 0 aliphatic carbocycles. The molecular weight excluding hydrogens is 278 g/mol. The third kappa shape index (κ3) is 2.72. The lowest BCUT2D eigenvalue weighted by Gasteiger charge is -2.20. The molecule has 114 valence electrons. The Hall–Kier alpha value is -0.970. The average molecular weight is 303 g/mol. The zero-order valence-electron chi connectivity index (χ0n) is 13.4. The molecule has 2 heterocycles. The SMILES string of the molecule is CN1CC(CN)CC1c1cccc2sc(C(C)(C)C)nc12. The summed E-state index contributed by atoms with van der Waals surface area (Å²) in [5.74, 6) is 0.607. The second-order valence-corrected chi connectivity index (χ2v) is 8.29. The highest BCUT2D eigenvalue weighted by Gasteiger charge is 2.31. The summed E-state index contributed by atoms with van der Waals surface area (Å²) in [6, 6.07) is 7.07. The predicted molar refractivity (Wildman–Crippen MR) is 90.9 cm³/mol. The van der Waals surface area contributed by atoms with E-state index in [2.05, 4.69) is 50.9 Å². The molecule has 1 aromatic heterocycles. The number of thiazole rings is 1. The fourth-order valence-corrected chi connectivity index (χ4v) is 4.26. The molecular formula is C17H25N3S. The average Bonchev–Trinajstić information content (AvgIpc) is 3.01. The van der Waals surface area contributed by atoms with Crippen LogP contribution in [0.5, 0.6) is 0 Å². The zero-order chi connectivity index (χ0) is 15.2. The van der Waals surface area contributed by atoms with E-state index in [1.54, 1.807) is 0 Å². The molecule has 0 amide bonds. The highest BCUT2D eigenvalue weighted by Crippen LogP contribution is 2.39. The topological polar surface area (TPSA) is 42.1 Å². The molecule has 1 aliphatic rings. The minimum atomic E-state index is 0.113. The summed E-state index contributed by atoms with van der Waals surface area (Å²) in [5.41, 5.74) is 8.55. The van der Waals surface area contributed by atoms with Gasteiger partial charge in [0.2, 0.25) is 0 Å². The van der Waals surface area contributed by atoms with Crippen molar-refractivity contribution in [3.63, 3.8) is 0 Å². The van der Waals surface area contributed by atoms with Crippen molar-refractivity contribution in [2.45, 2.75) is 38.6 Å². The van der Waals surface area contributed by atoms with E-state index in [1.165, 1.54) is 20.8 Å². The second-order valence-electron chi connectivity index (χ2n) is 7.26. The smallest absolute Gasteiger partial charge is 0.0992 e. The number of nitrogens with two attached hydrogens (primary N) is 1. The molecule has 2 unspecified atom stereocenters. The van der Waals surface area contributed by atoms with Gasteiger partial charge in [0, 0.05) is 18.0 Å². The van der Waals surface area contributed by atoms with Gasteiger partial charge in [0.15, 0.2) is 0 Å². The van der Waals surface area contributed by atoms with Gasteiger partial charge in [-0.1, -0.05) is 32.9 Å². The van der Waals surface area contributed by atoms with Crippen LogP contribution < -0.4 is 5.73 Å². The van der Waals surface area contributed by atoms with Gasteiger partial charge in [-0.2, -0.15) is 0 Å². The number of likely N-dealkylation sites (tertiary alicyclic amines) is 1. The molecule has 3 rings (SSSR count). The highest BCUT2D eigenvalue weighted by atomic mass is 32.1. The van der Waals surface area contributed by atoms with Gasteiger partial charge in [-0.15, -0.1) is 11.3 Å². The van der Waals surface area contributed by atoms with Gasteiger partial charge in [0.05, 0.1) is 15.2 Å². The highest BCUT2D eigenvalue weighted by molar-refractivity contribution is 7.18. The second kappa shape index (κ2) is 5.34. The number of rotatable bonds is 2. The molecule has 21 heavy (non-hydrogen) atoms. The molecule has 3 nitrogen and oxygen atoms in total. The first-order chi connectivity index (χ1) is 9.90. The van der Waals surface area contributed by atoms with Gasteiger partial charge >= 0.3 is 0 Å². The zero-order valence-corrected chi connectivity index (χ0v) is 14.2. The predicted octanol–water partition coefficient (Wildman–Crippen LogP) is 3.55. The summed E-state index contributed by atoms with van der Waals surface area (Å²) in [6.45, 7) is 8.57. The van der Waals surface area contributed by atoms with Crippen LogP contribution in [-0.2, 0) is 5.41 Å². The van der Waals surface area contributed by atoms with Crippen LogP contribution in [0.1, 0.15) is 43.8 Å². The molecule has 0 radical (unpaired) electrons. The van der Waals surface area contributed by atoms with Gasteiger partial charge < -0.3 is 5.73 Å². The van der Waals surface area contributed by atoms with Crippen molar-refractivity contribution < 1.29 is 0 Å². The van der Waals surface area contributed by atoms with E-state index in [4.69, 9.17) is 10.7 Å². The van der Waals surface area contributed by atoms with Crippen LogP contribution in [0.15, 0.2) is 18.2 Å². The Morgan fingerprint density at radius 3 is 2.76 bits per heavy atom. The third-order valence-electron chi connectivity index (χ3n) is 4.42. The molecule has 2 atom stereocenters. The Kier molecular flexibility index (Phi) is 3.80. The summed E-state index contributed by atoms with van der Waals surface area (Å²) in [5, 5.41) is 1.22. The number of benzene rings is 1. The quantitative estimate of drug-likeness (QED) is 0.922.